The third-order valence-corrected chi connectivity index (χ3v) is 12.7. The van der Waals surface area contributed by atoms with Crippen LogP contribution < -0.4 is 5.32 Å². The summed E-state index contributed by atoms with van der Waals surface area (Å²) in [5.41, 5.74) is -0.115. The van der Waals surface area contributed by atoms with Gasteiger partial charge in [0.1, 0.15) is 17.2 Å². The van der Waals surface area contributed by atoms with Crippen molar-refractivity contribution in [1.29, 1.82) is 0 Å². The molecule has 0 spiro atoms. The van der Waals surface area contributed by atoms with Crippen molar-refractivity contribution < 1.29 is 22.7 Å². The molecule has 2 aromatic carbocycles. The number of rotatable bonds is 10. The molecular weight excluding hydrogens is 511 g/mol. The minimum Gasteiger partial charge on any atom is -0.372 e. The Labute approximate surface area is 216 Å². The lowest BCUT2D eigenvalue weighted by Gasteiger charge is -2.50. The molecule has 0 saturated heterocycles. The van der Waals surface area contributed by atoms with E-state index in [2.05, 4.69) is 56.8 Å². The van der Waals surface area contributed by atoms with Gasteiger partial charge >= 0.3 is 0 Å². The molecule has 1 amide bonds. The Balaban J connectivity index is 1.79. The van der Waals surface area contributed by atoms with E-state index in [1.54, 1.807) is 0 Å². The van der Waals surface area contributed by atoms with Crippen molar-refractivity contribution >= 4 is 44.3 Å². The van der Waals surface area contributed by atoms with E-state index >= 15 is 0 Å². The molecule has 0 aliphatic carbocycles. The van der Waals surface area contributed by atoms with Crippen LogP contribution in [0, 0.1) is 17.5 Å². The maximum atomic E-state index is 14.5. The number of anilines is 1. The fourth-order valence-corrected chi connectivity index (χ4v) is 9.30. The van der Waals surface area contributed by atoms with Gasteiger partial charge in [-0.3, -0.25) is 4.79 Å². The first-order valence-corrected chi connectivity index (χ1v) is 14.2. The number of ether oxygens (including phenoxy) is 1. The fourth-order valence-electron chi connectivity index (χ4n) is 4.63. The number of amides is 1. The lowest BCUT2D eigenvalue weighted by Crippen LogP contribution is -2.32. The van der Waals surface area contributed by atoms with Gasteiger partial charge in [-0.2, -0.15) is 0 Å². The molecule has 1 heterocycles. The molecule has 3 rings (SSSR count). The van der Waals surface area contributed by atoms with Crippen LogP contribution in [0.1, 0.15) is 57.7 Å². The maximum Gasteiger partial charge on any atom is 0.257 e. The molecule has 0 saturated carbocycles. The van der Waals surface area contributed by atoms with Crippen molar-refractivity contribution in [2.75, 3.05) is 17.9 Å². The first kappa shape index (κ1) is 28.3. The molecule has 3 aromatic rings. The van der Waals surface area contributed by atoms with Crippen molar-refractivity contribution in [1.82, 2.24) is 9.97 Å². The molecule has 10 heteroatoms. The second-order valence-corrected chi connectivity index (χ2v) is 14.8. The Hall–Kier alpha value is -2.23. The minimum absolute atomic E-state index is 0.0705. The SMILES string of the molecule is CC(C)S(COCCc1nc2c(F)c(F)cc(C(=O)Nc3ccc(F)c(Cl)c3)c2[nH]1)(C(C)C)C(C)C. The van der Waals surface area contributed by atoms with E-state index in [0.717, 1.165) is 12.1 Å². The summed E-state index contributed by atoms with van der Waals surface area (Å²) in [6.07, 6.45) is 0.341. The third kappa shape index (κ3) is 5.68. The number of nitrogens with zero attached hydrogens (tertiary/aromatic N) is 1. The van der Waals surface area contributed by atoms with Crippen molar-refractivity contribution in [3.05, 3.63) is 58.1 Å². The van der Waals surface area contributed by atoms with Gasteiger partial charge in [0.05, 0.1) is 28.6 Å². The zero-order valence-electron chi connectivity index (χ0n) is 21.3. The van der Waals surface area contributed by atoms with Crippen molar-refractivity contribution in [2.24, 2.45) is 0 Å². The largest absolute Gasteiger partial charge is 0.372 e. The zero-order chi connectivity index (χ0) is 26.8. The van der Waals surface area contributed by atoms with E-state index in [1.165, 1.54) is 12.1 Å². The van der Waals surface area contributed by atoms with Gasteiger partial charge in [0, 0.05) is 12.1 Å². The highest BCUT2D eigenvalue weighted by Gasteiger charge is 2.34. The molecule has 0 atom stereocenters. The number of H-pyrrole nitrogens is 1. The fraction of sp³-hybridized carbons (Fsp3) is 0.462. The molecule has 0 bridgehead atoms. The van der Waals surface area contributed by atoms with Crippen LogP contribution in [0.25, 0.3) is 11.0 Å². The molecule has 36 heavy (non-hydrogen) atoms. The normalized spacial score (nSPS) is 12.8. The first-order valence-electron chi connectivity index (χ1n) is 11.9. The number of hydrogen-bond donors (Lipinski definition) is 2. The summed E-state index contributed by atoms with van der Waals surface area (Å²) >= 11 is 5.77. The second kappa shape index (κ2) is 11.4. The van der Waals surface area contributed by atoms with Gasteiger partial charge < -0.3 is 15.0 Å². The van der Waals surface area contributed by atoms with Gasteiger partial charge in [0.2, 0.25) is 0 Å². The molecule has 5 nitrogen and oxygen atoms in total. The Kier molecular flexibility index (Phi) is 9.01. The predicted molar refractivity (Wildman–Crippen MR) is 143 cm³/mol. The molecule has 198 valence electrons. The van der Waals surface area contributed by atoms with Crippen molar-refractivity contribution in [2.45, 2.75) is 63.7 Å². The van der Waals surface area contributed by atoms with Gasteiger partial charge in [0.25, 0.3) is 5.91 Å². The van der Waals surface area contributed by atoms with Crippen LogP contribution in [0.2, 0.25) is 5.02 Å². The number of carbonyl (C=O) groups is 1. The van der Waals surface area contributed by atoms with E-state index in [0.29, 0.717) is 40.5 Å². The standard InChI is InChI=1S/C26H33ClF3N3O2S/c1-14(2)36(15(3)4,16(5)6)13-35-10-9-22-32-24-18(12-21(29)23(30)25(24)33-22)26(34)31-17-7-8-20(28)19(27)11-17/h7-8,11-12,14-16H,9-10,13H2,1-6H3,(H,31,34)(H,32,33). The Morgan fingerprint density at radius 2 is 1.69 bits per heavy atom. The van der Waals surface area contributed by atoms with Crippen LogP contribution >= 0.6 is 21.6 Å². The van der Waals surface area contributed by atoms with E-state index < -0.39 is 33.4 Å². The molecule has 0 aliphatic heterocycles. The van der Waals surface area contributed by atoms with Crippen LogP contribution in [0.4, 0.5) is 18.9 Å². The zero-order valence-corrected chi connectivity index (χ0v) is 22.9. The van der Waals surface area contributed by atoms with E-state index in [1.807, 2.05) is 0 Å². The number of hydrogen-bond acceptors (Lipinski definition) is 3. The quantitative estimate of drug-likeness (QED) is 0.261. The lowest BCUT2D eigenvalue weighted by atomic mass is 10.1. The van der Waals surface area contributed by atoms with Crippen LogP contribution in [-0.2, 0) is 11.2 Å². The number of benzene rings is 2. The minimum atomic E-state index is -1.20. The highest BCUT2D eigenvalue weighted by atomic mass is 35.5. The van der Waals surface area contributed by atoms with Gasteiger partial charge in [-0.25, -0.2) is 28.2 Å². The number of aromatic nitrogens is 2. The van der Waals surface area contributed by atoms with Crippen molar-refractivity contribution in [3.63, 3.8) is 0 Å². The van der Waals surface area contributed by atoms with Crippen LogP contribution in [0.3, 0.4) is 0 Å². The van der Waals surface area contributed by atoms with Crippen LogP contribution in [0.5, 0.6) is 0 Å². The van der Waals surface area contributed by atoms with Gasteiger partial charge in [-0.1, -0.05) is 53.1 Å². The Bertz CT molecular complexity index is 1230. The summed E-state index contributed by atoms with van der Waals surface area (Å²) in [4.78, 5) is 20.0. The molecule has 2 N–H and O–H groups in total. The first-order chi connectivity index (χ1) is 16.9. The number of fused-ring (bicyclic) bond motifs is 1. The average molecular weight is 544 g/mol. The second-order valence-electron chi connectivity index (χ2n) is 9.54. The van der Waals surface area contributed by atoms with E-state index in [-0.39, 0.29) is 27.3 Å². The Morgan fingerprint density at radius 1 is 1.06 bits per heavy atom. The van der Waals surface area contributed by atoms with Crippen LogP contribution in [0.15, 0.2) is 24.3 Å². The number of aromatic amines is 1. The molecule has 0 radical (unpaired) electrons. The number of nitrogens with one attached hydrogen (secondary N) is 2. The van der Waals surface area contributed by atoms with E-state index in [9.17, 15) is 18.0 Å². The Morgan fingerprint density at radius 3 is 2.28 bits per heavy atom. The molecular formula is C26H33ClF3N3O2S. The lowest BCUT2D eigenvalue weighted by molar-refractivity contribution is 0.102. The summed E-state index contributed by atoms with van der Waals surface area (Å²) in [7, 11) is -1.04. The van der Waals surface area contributed by atoms with Gasteiger partial charge in [-0.15, -0.1) is 0 Å². The number of imidazole rings is 1. The summed E-state index contributed by atoms with van der Waals surface area (Å²) in [5.74, 6) is -2.66. The number of carbonyl (C=O) groups excluding carboxylic acids is 1. The maximum absolute atomic E-state index is 14.5. The molecule has 1 aromatic heterocycles. The van der Waals surface area contributed by atoms with Gasteiger partial charge in [0.15, 0.2) is 11.6 Å². The van der Waals surface area contributed by atoms with Crippen LogP contribution in [-0.4, -0.2) is 44.2 Å². The highest BCUT2D eigenvalue weighted by Crippen LogP contribution is 2.60. The third-order valence-electron chi connectivity index (χ3n) is 6.54. The summed E-state index contributed by atoms with van der Waals surface area (Å²) in [6.45, 7) is 13.8. The average Bonchev–Trinajstić information content (AvgIpc) is 3.22. The summed E-state index contributed by atoms with van der Waals surface area (Å²) in [5, 5.41) is 3.84. The summed E-state index contributed by atoms with van der Waals surface area (Å²) in [6, 6.07) is 4.46. The number of halogens is 4. The topological polar surface area (TPSA) is 67.0 Å². The van der Waals surface area contributed by atoms with Gasteiger partial charge in [-0.05, 0) is 40.0 Å². The smallest absolute Gasteiger partial charge is 0.257 e. The molecule has 0 aliphatic rings. The monoisotopic (exact) mass is 543 g/mol. The summed E-state index contributed by atoms with van der Waals surface area (Å²) < 4.78 is 48.3. The van der Waals surface area contributed by atoms with Crippen molar-refractivity contribution in [3.8, 4) is 0 Å². The highest BCUT2D eigenvalue weighted by molar-refractivity contribution is 8.34. The molecule has 0 unspecified atom stereocenters. The predicted octanol–water partition coefficient (Wildman–Crippen LogP) is 7.43. The van der Waals surface area contributed by atoms with E-state index in [4.69, 9.17) is 16.3 Å². The molecule has 0 fully saturated rings.